The molecule has 0 aliphatic rings. The largest absolute Gasteiger partial charge is 0.301 e. The summed E-state index contributed by atoms with van der Waals surface area (Å²) in [5.74, 6) is -0.683. The van der Waals surface area contributed by atoms with Gasteiger partial charge in [-0.05, 0) is 6.08 Å². The van der Waals surface area contributed by atoms with Crippen molar-refractivity contribution in [2.24, 2.45) is 11.5 Å². The number of carbonyl (C=O) groups excluding carboxylic acids is 2. The summed E-state index contributed by atoms with van der Waals surface area (Å²) < 4.78 is 0. The van der Waals surface area contributed by atoms with Crippen molar-refractivity contribution in [1.82, 2.24) is 0 Å². The van der Waals surface area contributed by atoms with Crippen molar-refractivity contribution in [2.75, 3.05) is 0 Å². The molecule has 0 saturated carbocycles. The van der Waals surface area contributed by atoms with Crippen molar-refractivity contribution in [3.05, 3.63) is 12.7 Å². The van der Waals surface area contributed by atoms with Gasteiger partial charge in [0.25, 0.3) is 0 Å². The van der Waals surface area contributed by atoms with Crippen molar-refractivity contribution in [1.29, 1.82) is 0 Å². The molecule has 0 bridgehead atoms. The van der Waals surface area contributed by atoms with Gasteiger partial charge in [-0.1, -0.05) is 6.58 Å². The average molecular weight is 128 g/mol. The van der Waals surface area contributed by atoms with Crippen LogP contribution in [0.15, 0.2) is 12.7 Å². The van der Waals surface area contributed by atoms with Gasteiger partial charge in [-0.2, -0.15) is 0 Å². The van der Waals surface area contributed by atoms with Gasteiger partial charge in [0.1, 0.15) is 0 Å². The molecule has 0 fully saturated rings. The van der Waals surface area contributed by atoms with Crippen LogP contribution < -0.4 is 11.5 Å². The number of hydrogen-bond acceptors (Lipinski definition) is 4. The summed E-state index contributed by atoms with van der Waals surface area (Å²) in [6.07, 6.45) is 1.09. The predicted octanol–water partition coefficient (Wildman–Crippen LogP) is -1.45. The fourth-order valence-corrected chi connectivity index (χ4v) is 0.235. The maximum atomic E-state index is 10.5. The normalized spacial score (nSPS) is 10.4. The summed E-state index contributed by atoms with van der Waals surface area (Å²) in [5, 5.41) is 0. The fourth-order valence-electron chi connectivity index (χ4n) is 0.235. The zero-order chi connectivity index (χ0) is 7.49. The van der Waals surface area contributed by atoms with Crippen LogP contribution >= 0.6 is 0 Å². The van der Waals surface area contributed by atoms with E-state index >= 15 is 0 Å². The smallest absolute Gasteiger partial charge is 0.196 e. The summed E-state index contributed by atoms with van der Waals surface area (Å²) in [7, 11) is 0. The van der Waals surface area contributed by atoms with Gasteiger partial charge in [-0.3, -0.25) is 9.59 Å². The Hall–Kier alpha value is -1.00. The molecular weight excluding hydrogens is 120 g/mol. The van der Waals surface area contributed by atoms with E-state index in [9.17, 15) is 9.59 Å². The molecule has 4 heteroatoms. The van der Waals surface area contributed by atoms with Crippen molar-refractivity contribution in [2.45, 2.75) is 5.66 Å². The topological polar surface area (TPSA) is 86.2 Å². The molecule has 0 rings (SSSR count). The number of nitrogens with two attached hydrogens (primary N) is 2. The summed E-state index contributed by atoms with van der Waals surface area (Å²) in [6, 6.07) is 0. The van der Waals surface area contributed by atoms with Gasteiger partial charge >= 0.3 is 0 Å². The first-order valence-corrected chi connectivity index (χ1v) is 2.25. The van der Waals surface area contributed by atoms with Gasteiger partial charge in [0.05, 0.1) is 0 Å². The van der Waals surface area contributed by atoms with Crippen LogP contribution in [-0.2, 0) is 9.59 Å². The maximum absolute atomic E-state index is 10.5. The Morgan fingerprint density at radius 1 is 1.56 bits per heavy atom. The van der Waals surface area contributed by atoms with Gasteiger partial charge in [0, 0.05) is 0 Å². The molecule has 0 aromatic rings. The molecule has 0 aliphatic heterocycles. The highest BCUT2D eigenvalue weighted by molar-refractivity contribution is 6.07. The van der Waals surface area contributed by atoms with Crippen molar-refractivity contribution < 1.29 is 9.59 Å². The molecular formula is C5H8N2O2. The molecule has 4 N–H and O–H groups in total. The van der Waals surface area contributed by atoms with E-state index < -0.39 is 11.4 Å². The van der Waals surface area contributed by atoms with Crippen LogP contribution in [0.5, 0.6) is 0 Å². The van der Waals surface area contributed by atoms with Gasteiger partial charge in [0.2, 0.25) is 0 Å². The minimum absolute atomic E-state index is 0.178. The monoisotopic (exact) mass is 128 g/mol. The van der Waals surface area contributed by atoms with Crippen LogP contribution in [0.4, 0.5) is 0 Å². The lowest BCUT2D eigenvalue weighted by molar-refractivity contribution is -0.125. The van der Waals surface area contributed by atoms with E-state index in [1.54, 1.807) is 0 Å². The third-order valence-corrected chi connectivity index (χ3v) is 0.807. The molecule has 4 nitrogen and oxygen atoms in total. The molecule has 0 radical (unpaired) electrons. The minimum atomic E-state index is -1.89. The molecule has 0 aromatic carbocycles. The highest BCUT2D eigenvalue weighted by Gasteiger charge is 2.24. The van der Waals surface area contributed by atoms with E-state index in [1.807, 2.05) is 0 Å². The third kappa shape index (κ3) is 1.75. The minimum Gasteiger partial charge on any atom is -0.301 e. The van der Waals surface area contributed by atoms with Crippen LogP contribution in [0, 0.1) is 0 Å². The first kappa shape index (κ1) is 8.00. The Morgan fingerprint density at radius 2 is 2.00 bits per heavy atom. The van der Waals surface area contributed by atoms with Crippen LogP contribution in [0.1, 0.15) is 0 Å². The molecule has 0 unspecified atom stereocenters. The van der Waals surface area contributed by atoms with Crippen molar-refractivity contribution in [3.8, 4) is 0 Å². The molecule has 0 spiro atoms. The highest BCUT2D eigenvalue weighted by atomic mass is 16.1. The molecule has 0 heterocycles. The SMILES string of the molecule is C=CC(=O)C(N)(N)C=O. The molecule has 0 amide bonds. The summed E-state index contributed by atoms with van der Waals surface area (Å²) in [4.78, 5) is 20.4. The Morgan fingerprint density at radius 3 is 2.11 bits per heavy atom. The zero-order valence-corrected chi connectivity index (χ0v) is 4.83. The Bertz CT molecular complexity index is 151. The molecule has 50 valence electrons. The van der Waals surface area contributed by atoms with Crippen LogP contribution in [-0.4, -0.2) is 17.7 Å². The van der Waals surface area contributed by atoms with E-state index in [2.05, 4.69) is 6.58 Å². The second-order valence-electron chi connectivity index (χ2n) is 1.62. The standard InChI is InChI=1S/C5H8N2O2/c1-2-4(9)5(6,7)3-8/h2-3H,1,6-7H2. The van der Waals surface area contributed by atoms with Crippen LogP contribution in [0.25, 0.3) is 0 Å². The van der Waals surface area contributed by atoms with Crippen molar-refractivity contribution >= 4 is 12.1 Å². The second kappa shape index (κ2) is 2.52. The lowest BCUT2D eigenvalue weighted by Gasteiger charge is -2.10. The quantitative estimate of drug-likeness (QED) is 0.211. The highest BCUT2D eigenvalue weighted by Crippen LogP contribution is 1.87. The number of ketones is 1. The van der Waals surface area contributed by atoms with E-state index in [1.165, 1.54) is 0 Å². The summed E-state index contributed by atoms with van der Waals surface area (Å²) in [6.45, 7) is 3.11. The van der Waals surface area contributed by atoms with Crippen LogP contribution in [0.2, 0.25) is 0 Å². The molecule has 0 aromatic heterocycles. The lowest BCUT2D eigenvalue weighted by atomic mass is 10.1. The molecule has 0 atom stereocenters. The van der Waals surface area contributed by atoms with Gasteiger partial charge < -0.3 is 11.5 Å². The Balaban J connectivity index is 4.31. The first-order chi connectivity index (χ1) is 4.04. The van der Waals surface area contributed by atoms with E-state index in [0.717, 1.165) is 6.08 Å². The van der Waals surface area contributed by atoms with Gasteiger partial charge in [-0.25, -0.2) is 0 Å². The van der Waals surface area contributed by atoms with Crippen LogP contribution in [0.3, 0.4) is 0 Å². The number of hydrogen-bond donors (Lipinski definition) is 2. The predicted molar refractivity (Wildman–Crippen MR) is 32.4 cm³/mol. The van der Waals surface area contributed by atoms with Gasteiger partial charge in [-0.15, -0.1) is 0 Å². The zero-order valence-electron chi connectivity index (χ0n) is 4.83. The summed E-state index contributed by atoms with van der Waals surface area (Å²) >= 11 is 0. The third-order valence-electron chi connectivity index (χ3n) is 0.807. The number of carbonyl (C=O) groups is 2. The van der Waals surface area contributed by atoms with E-state index in [4.69, 9.17) is 11.5 Å². The average Bonchev–Trinajstić information content (AvgIpc) is 1.86. The Labute approximate surface area is 52.5 Å². The molecule has 0 aliphatic carbocycles. The van der Waals surface area contributed by atoms with Gasteiger partial charge in [0.15, 0.2) is 17.7 Å². The summed E-state index contributed by atoms with van der Waals surface area (Å²) in [5.41, 5.74) is 8.03. The Kier molecular flexibility index (Phi) is 2.24. The fraction of sp³-hybridized carbons (Fsp3) is 0.200. The van der Waals surface area contributed by atoms with Crippen molar-refractivity contribution in [3.63, 3.8) is 0 Å². The first-order valence-electron chi connectivity index (χ1n) is 2.25. The number of aldehydes is 1. The van der Waals surface area contributed by atoms with E-state index in [-0.39, 0.29) is 6.29 Å². The molecule has 9 heavy (non-hydrogen) atoms. The second-order valence-corrected chi connectivity index (χ2v) is 1.62. The lowest BCUT2D eigenvalue weighted by Crippen LogP contribution is -2.57. The van der Waals surface area contributed by atoms with E-state index in [0.29, 0.717) is 0 Å². The molecule has 0 saturated heterocycles. The number of rotatable bonds is 3. The maximum Gasteiger partial charge on any atom is 0.196 e.